The molecule has 0 bridgehead atoms. The van der Waals surface area contributed by atoms with E-state index in [1.54, 1.807) is 0 Å². The second kappa shape index (κ2) is 5.74. The number of carbonyl (C=O) groups excluding carboxylic acids is 1. The van der Waals surface area contributed by atoms with Crippen molar-refractivity contribution in [2.24, 2.45) is 0 Å². The van der Waals surface area contributed by atoms with Crippen LogP contribution in [0.1, 0.15) is 12.5 Å². The van der Waals surface area contributed by atoms with Gasteiger partial charge in [0, 0.05) is 6.92 Å². The van der Waals surface area contributed by atoms with Gasteiger partial charge in [0.25, 0.3) is 0 Å². The predicted octanol–water partition coefficient (Wildman–Crippen LogP) is 2.51. The first-order valence-electron chi connectivity index (χ1n) is 4.03. The van der Waals surface area contributed by atoms with Gasteiger partial charge >= 0.3 is 0 Å². The first-order chi connectivity index (χ1) is 7.09. The largest absolute Gasteiger partial charge is 0.288 e. The maximum absolute atomic E-state index is 13.1. The first kappa shape index (κ1) is 12.0. The van der Waals surface area contributed by atoms with E-state index in [1.807, 2.05) is 0 Å². The summed E-state index contributed by atoms with van der Waals surface area (Å²) in [5.74, 6) is 5.08. The minimum absolute atomic E-state index is 0.0162. The van der Waals surface area contributed by atoms with Crippen LogP contribution in [0.15, 0.2) is 12.3 Å². The first-order valence-corrected chi connectivity index (χ1v) is 5.39. The fourth-order valence-corrected chi connectivity index (χ4v) is 1.28. The lowest BCUT2D eigenvalue weighted by Gasteiger charge is -1.93. The quantitative estimate of drug-likeness (QED) is 0.561. The molecule has 1 heterocycles. The lowest BCUT2D eigenvalue weighted by Crippen LogP contribution is -1.87. The van der Waals surface area contributed by atoms with Crippen molar-refractivity contribution >= 4 is 28.5 Å². The van der Waals surface area contributed by atoms with Gasteiger partial charge in [-0.15, -0.1) is 0 Å². The molecule has 0 saturated carbocycles. The summed E-state index contributed by atoms with van der Waals surface area (Å²) in [5.41, 5.74) is 0.194. The zero-order chi connectivity index (χ0) is 11.3. The van der Waals surface area contributed by atoms with Crippen molar-refractivity contribution in [2.45, 2.75) is 6.92 Å². The van der Waals surface area contributed by atoms with E-state index in [1.165, 1.54) is 13.0 Å². The van der Waals surface area contributed by atoms with Gasteiger partial charge in [0.1, 0.15) is 5.15 Å². The van der Waals surface area contributed by atoms with Crippen LogP contribution >= 0.6 is 23.4 Å². The van der Waals surface area contributed by atoms with Crippen molar-refractivity contribution in [3.63, 3.8) is 0 Å². The van der Waals surface area contributed by atoms with Gasteiger partial charge in [-0.2, -0.15) is 0 Å². The van der Waals surface area contributed by atoms with Crippen molar-refractivity contribution in [3.8, 4) is 11.8 Å². The molecule has 1 rings (SSSR count). The second-order valence-electron chi connectivity index (χ2n) is 2.57. The van der Waals surface area contributed by atoms with Crippen molar-refractivity contribution < 1.29 is 9.18 Å². The highest BCUT2D eigenvalue weighted by Gasteiger charge is 2.00. The molecule has 0 spiro atoms. The number of halogens is 2. The van der Waals surface area contributed by atoms with Crippen LogP contribution < -0.4 is 0 Å². The maximum Gasteiger partial charge on any atom is 0.186 e. The summed E-state index contributed by atoms with van der Waals surface area (Å²) in [5, 5.41) is 0.178. The standard InChI is InChI=1S/C10H7ClFNOS/c1-7(14)15-4-2-3-8-5-10(11)13-6-9(8)12/h5-6H,4H2,1H3. The molecule has 1 aromatic heterocycles. The number of nitrogens with zero attached hydrogens (tertiary/aromatic N) is 1. The molecule has 0 atom stereocenters. The normalized spacial score (nSPS) is 9.27. The monoisotopic (exact) mass is 243 g/mol. The molecule has 78 valence electrons. The Balaban J connectivity index is 2.71. The van der Waals surface area contributed by atoms with Gasteiger partial charge in [0.2, 0.25) is 0 Å². The van der Waals surface area contributed by atoms with E-state index in [2.05, 4.69) is 16.8 Å². The van der Waals surface area contributed by atoms with E-state index in [4.69, 9.17) is 11.6 Å². The summed E-state index contributed by atoms with van der Waals surface area (Å²) in [6, 6.07) is 1.35. The minimum Gasteiger partial charge on any atom is -0.288 e. The summed E-state index contributed by atoms with van der Waals surface area (Å²) in [6.45, 7) is 1.45. The Labute approximate surface area is 96.2 Å². The fraction of sp³-hybridized carbons (Fsp3) is 0.200. The van der Waals surface area contributed by atoms with Crippen molar-refractivity contribution in [3.05, 3.63) is 28.8 Å². The maximum atomic E-state index is 13.1. The summed E-state index contributed by atoms with van der Waals surface area (Å²) in [6.07, 6.45) is 1.02. The molecule has 5 heteroatoms. The average molecular weight is 244 g/mol. The van der Waals surface area contributed by atoms with E-state index in [0.717, 1.165) is 18.0 Å². The van der Waals surface area contributed by atoms with E-state index >= 15 is 0 Å². The molecule has 2 nitrogen and oxygen atoms in total. The van der Waals surface area contributed by atoms with Crippen LogP contribution in [0.2, 0.25) is 5.15 Å². The van der Waals surface area contributed by atoms with E-state index in [-0.39, 0.29) is 15.8 Å². The van der Waals surface area contributed by atoms with Gasteiger partial charge in [-0.1, -0.05) is 35.2 Å². The lowest BCUT2D eigenvalue weighted by molar-refractivity contribution is -0.109. The number of hydrogen-bond donors (Lipinski definition) is 0. The molecule has 0 amide bonds. The summed E-state index contributed by atoms with van der Waals surface area (Å²) in [7, 11) is 0. The van der Waals surface area contributed by atoms with Gasteiger partial charge in [-0.3, -0.25) is 4.79 Å². The molecule has 0 N–H and O–H groups in total. The highest BCUT2D eigenvalue weighted by molar-refractivity contribution is 8.13. The third-order valence-electron chi connectivity index (χ3n) is 1.39. The predicted molar refractivity (Wildman–Crippen MR) is 59.2 cm³/mol. The topological polar surface area (TPSA) is 30.0 Å². The molecule has 0 radical (unpaired) electrons. The van der Waals surface area contributed by atoms with Crippen molar-refractivity contribution in [1.82, 2.24) is 4.98 Å². The molecular formula is C10H7ClFNOS. The molecule has 0 aliphatic carbocycles. The lowest BCUT2D eigenvalue weighted by atomic mass is 10.2. The summed E-state index contributed by atoms with van der Waals surface area (Å²) >= 11 is 6.65. The molecule has 0 aromatic carbocycles. The summed E-state index contributed by atoms with van der Waals surface area (Å²) < 4.78 is 13.1. The highest BCUT2D eigenvalue weighted by Crippen LogP contribution is 2.10. The number of rotatable bonds is 1. The Morgan fingerprint density at radius 3 is 3.13 bits per heavy atom. The number of thioether (sulfide) groups is 1. The Hall–Kier alpha value is -1.05. The third-order valence-corrected chi connectivity index (χ3v) is 2.29. The number of pyridine rings is 1. The van der Waals surface area contributed by atoms with Crippen molar-refractivity contribution in [1.29, 1.82) is 0 Å². The van der Waals surface area contributed by atoms with Gasteiger partial charge in [-0.05, 0) is 6.07 Å². The van der Waals surface area contributed by atoms with Crippen LogP contribution in [0.5, 0.6) is 0 Å². The zero-order valence-corrected chi connectivity index (χ0v) is 9.45. The van der Waals surface area contributed by atoms with Gasteiger partial charge in [0.15, 0.2) is 10.9 Å². The van der Waals surface area contributed by atoms with E-state index in [0.29, 0.717) is 5.75 Å². The molecule has 0 saturated heterocycles. The van der Waals surface area contributed by atoms with Gasteiger partial charge < -0.3 is 0 Å². The highest BCUT2D eigenvalue weighted by atomic mass is 35.5. The third kappa shape index (κ3) is 4.32. The SMILES string of the molecule is CC(=O)SCC#Cc1cc(Cl)ncc1F. The van der Waals surface area contributed by atoms with E-state index < -0.39 is 5.82 Å². The van der Waals surface area contributed by atoms with Crippen LogP contribution in [-0.4, -0.2) is 15.9 Å². The molecule has 0 unspecified atom stereocenters. The molecule has 0 aliphatic heterocycles. The van der Waals surface area contributed by atoms with Crippen LogP contribution in [0.3, 0.4) is 0 Å². The van der Waals surface area contributed by atoms with Gasteiger partial charge in [0.05, 0.1) is 17.5 Å². The summed E-state index contributed by atoms with van der Waals surface area (Å²) in [4.78, 5) is 14.1. The van der Waals surface area contributed by atoms with Crippen LogP contribution in [0.4, 0.5) is 4.39 Å². The Morgan fingerprint density at radius 2 is 2.47 bits per heavy atom. The average Bonchev–Trinajstić information content (AvgIpc) is 2.17. The molecule has 0 fully saturated rings. The number of carbonyl (C=O) groups is 1. The molecule has 0 aliphatic rings. The fourth-order valence-electron chi connectivity index (χ4n) is 0.778. The zero-order valence-electron chi connectivity index (χ0n) is 7.88. The number of hydrogen-bond acceptors (Lipinski definition) is 3. The Morgan fingerprint density at radius 1 is 1.73 bits per heavy atom. The number of aromatic nitrogens is 1. The van der Waals surface area contributed by atoms with Crippen LogP contribution in [0.25, 0.3) is 0 Å². The molecular weight excluding hydrogens is 237 g/mol. The Kier molecular flexibility index (Phi) is 4.60. The molecule has 1 aromatic rings. The Bertz CT molecular complexity index is 439. The van der Waals surface area contributed by atoms with Crippen LogP contribution in [-0.2, 0) is 4.79 Å². The second-order valence-corrected chi connectivity index (χ2v) is 4.11. The van der Waals surface area contributed by atoms with E-state index in [9.17, 15) is 9.18 Å². The smallest absolute Gasteiger partial charge is 0.186 e. The van der Waals surface area contributed by atoms with Crippen LogP contribution in [0, 0.1) is 17.7 Å². The molecule has 15 heavy (non-hydrogen) atoms. The van der Waals surface area contributed by atoms with Gasteiger partial charge in [-0.25, -0.2) is 9.37 Å². The minimum atomic E-state index is -0.514. The van der Waals surface area contributed by atoms with Crippen molar-refractivity contribution in [2.75, 3.05) is 5.75 Å².